The van der Waals surface area contributed by atoms with Crippen molar-refractivity contribution in [2.45, 2.75) is 13.0 Å². The second-order valence-electron chi connectivity index (χ2n) is 6.91. The summed E-state index contributed by atoms with van der Waals surface area (Å²) in [6.45, 7) is 5.50. The number of hydrogen-bond acceptors (Lipinski definition) is 6. The molecule has 1 saturated heterocycles. The van der Waals surface area contributed by atoms with Gasteiger partial charge in [-0.2, -0.15) is 0 Å². The SMILES string of the molecule is Cc1ccc(C(CNC(=O)c2ccc(-c3ccco3)[nH]c2=O)N2CCOCC2)s1. The monoisotopic (exact) mass is 413 g/mol. The van der Waals surface area contributed by atoms with E-state index in [4.69, 9.17) is 9.15 Å². The van der Waals surface area contributed by atoms with Crippen molar-refractivity contribution in [2.75, 3.05) is 32.8 Å². The molecule has 1 aliphatic heterocycles. The number of thiophene rings is 1. The van der Waals surface area contributed by atoms with Gasteiger partial charge in [-0.1, -0.05) is 0 Å². The van der Waals surface area contributed by atoms with Crippen LogP contribution in [-0.4, -0.2) is 48.6 Å². The summed E-state index contributed by atoms with van der Waals surface area (Å²) in [5.74, 6) is 0.165. The van der Waals surface area contributed by atoms with Crippen LogP contribution in [0.2, 0.25) is 0 Å². The van der Waals surface area contributed by atoms with Crippen molar-refractivity contribution in [3.8, 4) is 11.5 Å². The largest absolute Gasteiger partial charge is 0.463 e. The molecular weight excluding hydrogens is 390 g/mol. The number of carbonyl (C=O) groups is 1. The van der Waals surface area contributed by atoms with Crippen molar-refractivity contribution < 1.29 is 13.9 Å². The van der Waals surface area contributed by atoms with Crippen LogP contribution in [0.4, 0.5) is 0 Å². The lowest BCUT2D eigenvalue weighted by Crippen LogP contribution is -2.44. The molecule has 29 heavy (non-hydrogen) atoms. The van der Waals surface area contributed by atoms with Gasteiger partial charge in [0.05, 0.1) is 31.2 Å². The zero-order valence-corrected chi connectivity index (χ0v) is 17.0. The molecule has 0 radical (unpaired) electrons. The van der Waals surface area contributed by atoms with E-state index in [0.717, 1.165) is 13.1 Å². The van der Waals surface area contributed by atoms with Crippen molar-refractivity contribution in [2.24, 2.45) is 0 Å². The highest BCUT2D eigenvalue weighted by Crippen LogP contribution is 2.28. The van der Waals surface area contributed by atoms with Gasteiger partial charge in [0, 0.05) is 29.4 Å². The number of amides is 1. The summed E-state index contributed by atoms with van der Waals surface area (Å²) in [6, 6.07) is 11.0. The van der Waals surface area contributed by atoms with Gasteiger partial charge < -0.3 is 19.5 Å². The quantitative estimate of drug-likeness (QED) is 0.649. The van der Waals surface area contributed by atoms with E-state index < -0.39 is 5.56 Å². The molecule has 2 N–H and O–H groups in total. The summed E-state index contributed by atoms with van der Waals surface area (Å²) < 4.78 is 10.8. The summed E-state index contributed by atoms with van der Waals surface area (Å²) in [5.41, 5.74) is 0.187. The number of hydrogen-bond donors (Lipinski definition) is 2. The summed E-state index contributed by atoms with van der Waals surface area (Å²) in [5, 5.41) is 2.94. The molecule has 0 spiro atoms. The second kappa shape index (κ2) is 8.77. The molecule has 0 aromatic carbocycles. The Kier molecular flexibility index (Phi) is 5.94. The first-order valence-corrected chi connectivity index (χ1v) is 10.4. The highest BCUT2D eigenvalue weighted by molar-refractivity contribution is 7.12. The fraction of sp³-hybridized carbons (Fsp3) is 0.333. The van der Waals surface area contributed by atoms with Crippen molar-refractivity contribution >= 4 is 17.2 Å². The molecule has 3 aromatic rings. The number of nitrogens with one attached hydrogen (secondary N) is 2. The number of furan rings is 1. The molecule has 3 aromatic heterocycles. The van der Waals surface area contributed by atoms with Crippen LogP contribution in [0.3, 0.4) is 0 Å². The smallest absolute Gasteiger partial charge is 0.261 e. The van der Waals surface area contributed by atoms with E-state index in [9.17, 15) is 9.59 Å². The number of aryl methyl sites for hydroxylation is 1. The number of ether oxygens (including phenoxy) is 1. The number of pyridine rings is 1. The number of nitrogens with zero attached hydrogens (tertiary/aromatic N) is 1. The maximum atomic E-state index is 12.7. The third-order valence-corrected chi connectivity index (χ3v) is 6.07. The molecule has 1 aliphatic rings. The number of carbonyl (C=O) groups excluding carboxylic acids is 1. The second-order valence-corrected chi connectivity index (χ2v) is 8.23. The highest BCUT2D eigenvalue weighted by Gasteiger charge is 2.25. The Bertz CT molecular complexity index is 1020. The molecule has 1 unspecified atom stereocenters. The minimum atomic E-state index is -0.439. The Balaban J connectivity index is 1.48. The minimum Gasteiger partial charge on any atom is -0.463 e. The average molecular weight is 413 g/mol. The maximum Gasteiger partial charge on any atom is 0.261 e. The van der Waals surface area contributed by atoms with Gasteiger partial charge >= 0.3 is 0 Å². The lowest BCUT2D eigenvalue weighted by molar-refractivity contribution is 0.0169. The molecule has 1 amide bonds. The van der Waals surface area contributed by atoms with E-state index in [1.807, 2.05) is 0 Å². The normalized spacial score (nSPS) is 15.9. The van der Waals surface area contributed by atoms with Crippen LogP contribution in [0.5, 0.6) is 0 Å². The number of H-pyrrole nitrogens is 1. The van der Waals surface area contributed by atoms with Crippen LogP contribution in [0.1, 0.15) is 26.2 Å². The third kappa shape index (κ3) is 4.50. The Morgan fingerprint density at radius 1 is 1.24 bits per heavy atom. The van der Waals surface area contributed by atoms with Gasteiger partial charge in [0.2, 0.25) is 0 Å². The van der Waals surface area contributed by atoms with Crippen molar-refractivity contribution in [1.82, 2.24) is 15.2 Å². The van der Waals surface area contributed by atoms with E-state index >= 15 is 0 Å². The molecule has 0 bridgehead atoms. The van der Waals surface area contributed by atoms with Crippen molar-refractivity contribution in [1.29, 1.82) is 0 Å². The molecule has 1 fully saturated rings. The molecule has 4 rings (SSSR count). The standard InChI is InChI=1S/C21H23N3O4S/c1-14-4-7-19(29-14)17(24-8-11-27-12-9-24)13-22-20(25)15-5-6-16(23-21(15)26)18-3-2-10-28-18/h2-7,10,17H,8-9,11-13H2,1H3,(H,22,25)(H,23,26). The molecule has 152 valence electrons. The zero-order valence-electron chi connectivity index (χ0n) is 16.1. The average Bonchev–Trinajstić information content (AvgIpc) is 3.41. The van der Waals surface area contributed by atoms with E-state index in [-0.39, 0.29) is 17.5 Å². The zero-order chi connectivity index (χ0) is 20.2. The molecule has 7 nitrogen and oxygen atoms in total. The van der Waals surface area contributed by atoms with E-state index in [1.165, 1.54) is 22.1 Å². The summed E-state index contributed by atoms with van der Waals surface area (Å²) in [7, 11) is 0. The lowest BCUT2D eigenvalue weighted by Gasteiger charge is -2.34. The lowest BCUT2D eigenvalue weighted by atomic mass is 10.1. The summed E-state index contributed by atoms with van der Waals surface area (Å²) in [6.07, 6.45) is 1.53. The predicted octanol–water partition coefficient (Wildman–Crippen LogP) is 2.81. The Labute approximate surface area is 172 Å². The van der Waals surface area contributed by atoms with Gasteiger partial charge in [-0.3, -0.25) is 14.5 Å². The van der Waals surface area contributed by atoms with E-state index in [1.54, 1.807) is 29.5 Å². The Morgan fingerprint density at radius 3 is 2.72 bits per heavy atom. The maximum absolute atomic E-state index is 12.7. The number of rotatable bonds is 6. The first-order chi connectivity index (χ1) is 14.1. The van der Waals surface area contributed by atoms with Crippen LogP contribution in [0.25, 0.3) is 11.5 Å². The van der Waals surface area contributed by atoms with Crippen LogP contribution in [0.15, 0.2) is 51.9 Å². The third-order valence-electron chi connectivity index (χ3n) is 4.97. The van der Waals surface area contributed by atoms with Gasteiger partial charge in [0.15, 0.2) is 0 Å². The van der Waals surface area contributed by atoms with Gasteiger partial charge in [-0.15, -0.1) is 11.3 Å². The van der Waals surface area contributed by atoms with Gasteiger partial charge in [-0.25, -0.2) is 0 Å². The van der Waals surface area contributed by atoms with Crippen LogP contribution in [-0.2, 0) is 4.74 Å². The summed E-state index contributed by atoms with van der Waals surface area (Å²) >= 11 is 1.73. The van der Waals surface area contributed by atoms with Crippen LogP contribution < -0.4 is 10.9 Å². The molecule has 1 atom stereocenters. The van der Waals surface area contributed by atoms with E-state index in [0.29, 0.717) is 31.2 Å². The fourth-order valence-corrected chi connectivity index (χ4v) is 4.46. The molecule has 0 aliphatic carbocycles. The number of morpholine rings is 1. The Hall–Kier alpha value is -2.68. The molecular formula is C21H23N3O4S. The first kappa shape index (κ1) is 19.6. The van der Waals surface area contributed by atoms with Crippen molar-refractivity contribution in [3.05, 3.63) is 68.3 Å². The number of aromatic nitrogens is 1. The topological polar surface area (TPSA) is 87.6 Å². The fourth-order valence-electron chi connectivity index (χ4n) is 3.44. The molecule has 4 heterocycles. The Morgan fingerprint density at radius 2 is 2.07 bits per heavy atom. The van der Waals surface area contributed by atoms with Crippen LogP contribution >= 0.6 is 11.3 Å². The molecule has 0 saturated carbocycles. The van der Waals surface area contributed by atoms with Gasteiger partial charge in [0.1, 0.15) is 11.3 Å². The highest BCUT2D eigenvalue weighted by atomic mass is 32.1. The van der Waals surface area contributed by atoms with Crippen molar-refractivity contribution in [3.63, 3.8) is 0 Å². The molecule has 8 heteroatoms. The van der Waals surface area contributed by atoms with Crippen LogP contribution in [0, 0.1) is 6.92 Å². The first-order valence-electron chi connectivity index (χ1n) is 9.55. The summed E-state index contributed by atoms with van der Waals surface area (Å²) in [4.78, 5) is 32.6. The van der Waals surface area contributed by atoms with Gasteiger partial charge in [-0.05, 0) is 43.3 Å². The predicted molar refractivity (Wildman–Crippen MR) is 111 cm³/mol. The number of aromatic amines is 1. The van der Waals surface area contributed by atoms with Gasteiger partial charge in [0.25, 0.3) is 11.5 Å². The minimum absolute atomic E-state index is 0.0584. The van der Waals surface area contributed by atoms with E-state index in [2.05, 4.69) is 34.3 Å².